The van der Waals surface area contributed by atoms with Crippen LogP contribution in [0.25, 0.3) is 0 Å². The van der Waals surface area contributed by atoms with E-state index in [9.17, 15) is 14.7 Å². The molecule has 2 aromatic rings. The third kappa shape index (κ3) is 6.10. The molecule has 6 nitrogen and oxygen atoms in total. The first-order valence-electron chi connectivity index (χ1n) is 7.19. The van der Waals surface area contributed by atoms with Crippen LogP contribution in [0.2, 0.25) is 5.02 Å². The van der Waals surface area contributed by atoms with Crippen molar-refractivity contribution in [2.75, 3.05) is 5.32 Å². The van der Waals surface area contributed by atoms with Gasteiger partial charge >= 0.3 is 0 Å². The highest BCUT2D eigenvalue weighted by Gasteiger charge is 2.06. The lowest BCUT2D eigenvalue weighted by Gasteiger charge is -2.04. The zero-order valence-electron chi connectivity index (χ0n) is 12.7. The van der Waals surface area contributed by atoms with Crippen molar-refractivity contribution in [2.45, 2.75) is 12.8 Å². The number of amides is 2. The van der Waals surface area contributed by atoms with Gasteiger partial charge in [-0.1, -0.05) is 23.7 Å². The van der Waals surface area contributed by atoms with Gasteiger partial charge in [0.2, 0.25) is 11.8 Å². The molecule has 0 heterocycles. The quantitative estimate of drug-likeness (QED) is 0.555. The molecule has 2 amide bonds. The van der Waals surface area contributed by atoms with Gasteiger partial charge in [-0.05, 0) is 42.0 Å². The largest absolute Gasteiger partial charge is 0.508 e. The number of hydrogen-bond acceptors (Lipinski definition) is 4. The van der Waals surface area contributed by atoms with Crippen LogP contribution in [0.15, 0.2) is 53.6 Å². The summed E-state index contributed by atoms with van der Waals surface area (Å²) in [6.45, 7) is 0. The highest BCUT2D eigenvalue weighted by molar-refractivity contribution is 6.30. The van der Waals surface area contributed by atoms with Gasteiger partial charge in [0.1, 0.15) is 5.75 Å². The summed E-state index contributed by atoms with van der Waals surface area (Å²) < 4.78 is 0. The van der Waals surface area contributed by atoms with Crippen LogP contribution < -0.4 is 10.7 Å². The van der Waals surface area contributed by atoms with Crippen molar-refractivity contribution in [3.63, 3.8) is 0 Å². The summed E-state index contributed by atoms with van der Waals surface area (Å²) in [5.41, 5.74) is 3.59. The zero-order chi connectivity index (χ0) is 17.4. The molecule has 0 atom stereocenters. The predicted molar refractivity (Wildman–Crippen MR) is 93.2 cm³/mol. The topological polar surface area (TPSA) is 90.8 Å². The first kappa shape index (κ1) is 17.5. The summed E-state index contributed by atoms with van der Waals surface area (Å²) in [6, 6.07) is 13.1. The van der Waals surface area contributed by atoms with Gasteiger partial charge in [0.05, 0.1) is 6.21 Å². The fraction of sp³-hybridized carbons (Fsp3) is 0.118. The fourth-order valence-electron chi connectivity index (χ4n) is 1.82. The van der Waals surface area contributed by atoms with Gasteiger partial charge in [-0.3, -0.25) is 9.59 Å². The third-order valence-electron chi connectivity index (χ3n) is 2.98. The van der Waals surface area contributed by atoms with E-state index in [0.29, 0.717) is 16.3 Å². The molecule has 0 unspecified atom stereocenters. The molecule has 0 fully saturated rings. The summed E-state index contributed by atoms with van der Waals surface area (Å²) in [5.74, 6) is -0.536. The second-order valence-corrected chi connectivity index (χ2v) is 5.38. The minimum atomic E-state index is -0.377. The maximum Gasteiger partial charge on any atom is 0.240 e. The summed E-state index contributed by atoms with van der Waals surface area (Å²) in [5, 5.41) is 16.3. The molecule has 2 aromatic carbocycles. The van der Waals surface area contributed by atoms with E-state index in [1.165, 1.54) is 18.3 Å². The van der Waals surface area contributed by atoms with E-state index in [1.807, 2.05) is 0 Å². The van der Waals surface area contributed by atoms with E-state index in [1.54, 1.807) is 36.4 Å². The molecule has 24 heavy (non-hydrogen) atoms. The Morgan fingerprint density at radius 3 is 2.50 bits per heavy atom. The monoisotopic (exact) mass is 345 g/mol. The standard InChI is InChI=1S/C17H16ClN3O3/c18-13-4-6-14(7-5-13)20-16(23)8-9-17(24)21-19-11-12-2-1-3-15(22)10-12/h1-7,10-11,22H,8-9H2,(H,20,23)(H,21,24). The number of aromatic hydroxyl groups is 1. The van der Waals surface area contributed by atoms with Crippen molar-refractivity contribution in [3.05, 3.63) is 59.1 Å². The molecule has 2 rings (SSSR count). The van der Waals surface area contributed by atoms with Crippen molar-refractivity contribution < 1.29 is 14.7 Å². The lowest BCUT2D eigenvalue weighted by Crippen LogP contribution is -2.20. The smallest absolute Gasteiger partial charge is 0.240 e. The van der Waals surface area contributed by atoms with Crippen LogP contribution in [0, 0.1) is 0 Å². The number of hydrogen-bond donors (Lipinski definition) is 3. The first-order valence-corrected chi connectivity index (χ1v) is 7.57. The van der Waals surface area contributed by atoms with Crippen LogP contribution in [-0.4, -0.2) is 23.1 Å². The second-order valence-electron chi connectivity index (χ2n) is 4.94. The average molecular weight is 346 g/mol. The molecular weight excluding hydrogens is 330 g/mol. The molecule has 0 bridgehead atoms. The molecule has 0 aliphatic carbocycles. The van der Waals surface area contributed by atoms with Crippen molar-refractivity contribution >= 4 is 35.3 Å². The molecule has 3 N–H and O–H groups in total. The predicted octanol–water partition coefficient (Wildman–Crippen LogP) is 2.91. The highest BCUT2D eigenvalue weighted by atomic mass is 35.5. The Morgan fingerprint density at radius 2 is 1.79 bits per heavy atom. The Morgan fingerprint density at radius 1 is 1.08 bits per heavy atom. The van der Waals surface area contributed by atoms with Crippen molar-refractivity contribution in [1.82, 2.24) is 5.43 Å². The lowest BCUT2D eigenvalue weighted by atomic mass is 10.2. The van der Waals surface area contributed by atoms with Crippen LogP contribution in [0.3, 0.4) is 0 Å². The van der Waals surface area contributed by atoms with Crippen molar-refractivity contribution in [3.8, 4) is 5.75 Å². The molecule has 0 radical (unpaired) electrons. The number of anilines is 1. The number of carbonyl (C=O) groups excluding carboxylic acids is 2. The van der Waals surface area contributed by atoms with Gasteiger partial charge < -0.3 is 10.4 Å². The van der Waals surface area contributed by atoms with E-state index < -0.39 is 0 Å². The Bertz CT molecular complexity index is 745. The third-order valence-corrected chi connectivity index (χ3v) is 3.23. The number of phenolic OH excluding ortho intramolecular Hbond substituents is 1. The molecular formula is C17H16ClN3O3. The molecule has 0 spiro atoms. The fourth-order valence-corrected chi connectivity index (χ4v) is 1.95. The summed E-state index contributed by atoms with van der Waals surface area (Å²) in [6.07, 6.45) is 1.46. The molecule has 0 aromatic heterocycles. The van der Waals surface area contributed by atoms with E-state index in [0.717, 1.165) is 0 Å². The summed E-state index contributed by atoms with van der Waals surface area (Å²) >= 11 is 5.76. The van der Waals surface area contributed by atoms with Crippen LogP contribution in [0.4, 0.5) is 5.69 Å². The van der Waals surface area contributed by atoms with Gasteiger partial charge in [-0.25, -0.2) is 5.43 Å². The second kappa shape index (κ2) is 8.69. The SMILES string of the molecule is O=C(CCC(=O)Nc1ccc(Cl)cc1)NN=Cc1cccc(O)c1. The molecule has 0 aliphatic heterocycles. The molecule has 124 valence electrons. The van der Waals surface area contributed by atoms with Gasteiger partial charge in [-0.15, -0.1) is 0 Å². The minimum absolute atomic E-state index is 0.0107. The van der Waals surface area contributed by atoms with Crippen LogP contribution in [0.5, 0.6) is 5.75 Å². The van der Waals surface area contributed by atoms with Gasteiger partial charge in [0.15, 0.2) is 0 Å². The number of benzene rings is 2. The van der Waals surface area contributed by atoms with Crippen molar-refractivity contribution in [2.24, 2.45) is 5.10 Å². The van der Waals surface area contributed by atoms with Gasteiger partial charge in [0, 0.05) is 23.6 Å². The molecule has 0 aliphatic rings. The maximum atomic E-state index is 11.7. The number of hydrazone groups is 1. The summed E-state index contributed by atoms with van der Waals surface area (Å²) in [7, 11) is 0. The first-order chi connectivity index (χ1) is 11.5. The van der Waals surface area contributed by atoms with Crippen LogP contribution in [0.1, 0.15) is 18.4 Å². The van der Waals surface area contributed by atoms with Gasteiger partial charge in [0.25, 0.3) is 0 Å². The lowest BCUT2D eigenvalue weighted by molar-refractivity contribution is -0.124. The normalized spacial score (nSPS) is 10.5. The van der Waals surface area contributed by atoms with E-state index >= 15 is 0 Å². The number of phenols is 1. The zero-order valence-corrected chi connectivity index (χ0v) is 13.5. The van der Waals surface area contributed by atoms with Crippen molar-refractivity contribution in [1.29, 1.82) is 0 Å². The Labute approximate surface area is 144 Å². The summed E-state index contributed by atoms with van der Waals surface area (Å²) in [4.78, 5) is 23.4. The number of nitrogens with one attached hydrogen (secondary N) is 2. The number of nitrogens with zero attached hydrogens (tertiary/aromatic N) is 1. The minimum Gasteiger partial charge on any atom is -0.508 e. The van der Waals surface area contributed by atoms with Crippen LogP contribution in [-0.2, 0) is 9.59 Å². The maximum absolute atomic E-state index is 11.7. The molecule has 0 saturated carbocycles. The van der Waals surface area contributed by atoms with Crippen LogP contribution >= 0.6 is 11.6 Å². The Balaban J connectivity index is 1.72. The number of carbonyl (C=O) groups is 2. The van der Waals surface area contributed by atoms with E-state index in [2.05, 4.69) is 15.8 Å². The van der Waals surface area contributed by atoms with E-state index in [-0.39, 0.29) is 30.4 Å². The number of rotatable bonds is 6. The van der Waals surface area contributed by atoms with E-state index in [4.69, 9.17) is 11.6 Å². The van der Waals surface area contributed by atoms with Gasteiger partial charge in [-0.2, -0.15) is 5.10 Å². The number of halogens is 1. The highest BCUT2D eigenvalue weighted by Crippen LogP contribution is 2.13. The Kier molecular flexibility index (Phi) is 6.33. The average Bonchev–Trinajstić information content (AvgIpc) is 2.55. The molecule has 7 heteroatoms. The Hall–Kier alpha value is -2.86. The molecule has 0 saturated heterocycles.